The highest BCUT2D eigenvalue weighted by Gasteiger charge is 2.21. The van der Waals surface area contributed by atoms with Crippen molar-refractivity contribution in [3.63, 3.8) is 0 Å². The SMILES string of the molecule is CC1CN(C(N)=NCC2CCCN(Cc3cccs3)C2)CCO1.I. The van der Waals surface area contributed by atoms with Gasteiger partial charge in [0.2, 0.25) is 0 Å². The lowest BCUT2D eigenvalue weighted by Crippen LogP contribution is -2.48. The highest BCUT2D eigenvalue weighted by atomic mass is 127. The van der Waals surface area contributed by atoms with Crippen molar-refractivity contribution in [3.8, 4) is 0 Å². The first-order valence-corrected chi connectivity index (χ1v) is 9.50. The van der Waals surface area contributed by atoms with E-state index in [1.165, 1.54) is 24.3 Å². The second-order valence-corrected chi connectivity index (χ2v) is 7.68. The fourth-order valence-electron chi connectivity index (χ4n) is 3.42. The lowest BCUT2D eigenvalue weighted by molar-refractivity contribution is 0.00525. The highest BCUT2D eigenvalue weighted by Crippen LogP contribution is 2.20. The van der Waals surface area contributed by atoms with Crippen molar-refractivity contribution in [1.82, 2.24) is 9.80 Å². The molecule has 0 saturated carbocycles. The summed E-state index contributed by atoms with van der Waals surface area (Å²) >= 11 is 1.85. The van der Waals surface area contributed by atoms with Crippen molar-refractivity contribution >= 4 is 41.3 Å². The summed E-state index contributed by atoms with van der Waals surface area (Å²) in [5.41, 5.74) is 6.18. The van der Waals surface area contributed by atoms with Crippen LogP contribution in [-0.2, 0) is 11.3 Å². The van der Waals surface area contributed by atoms with Crippen LogP contribution in [0.2, 0.25) is 0 Å². The first-order chi connectivity index (χ1) is 11.2. The summed E-state index contributed by atoms with van der Waals surface area (Å²) in [5.74, 6) is 1.32. The van der Waals surface area contributed by atoms with Crippen LogP contribution in [0.5, 0.6) is 0 Å². The van der Waals surface area contributed by atoms with Crippen LogP contribution in [0, 0.1) is 5.92 Å². The number of halogens is 1. The summed E-state index contributed by atoms with van der Waals surface area (Å²) in [4.78, 5) is 10.8. The average Bonchev–Trinajstić information content (AvgIpc) is 3.06. The van der Waals surface area contributed by atoms with E-state index in [1.54, 1.807) is 0 Å². The maximum absolute atomic E-state index is 6.18. The normalized spacial score (nSPS) is 26.2. The number of hydrogen-bond donors (Lipinski definition) is 1. The van der Waals surface area contributed by atoms with Gasteiger partial charge in [0.25, 0.3) is 0 Å². The molecule has 3 heterocycles. The molecule has 2 N–H and O–H groups in total. The van der Waals surface area contributed by atoms with Gasteiger partial charge in [0.1, 0.15) is 0 Å². The van der Waals surface area contributed by atoms with E-state index < -0.39 is 0 Å². The largest absolute Gasteiger partial charge is 0.375 e. The molecule has 2 atom stereocenters. The minimum Gasteiger partial charge on any atom is -0.375 e. The van der Waals surface area contributed by atoms with Crippen molar-refractivity contribution < 1.29 is 4.74 Å². The summed E-state index contributed by atoms with van der Waals surface area (Å²) in [5, 5.41) is 2.16. The molecule has 0 amide bonds. The second-order valence-electron chi connectivity index (χ2n) is 6.65. The minimum absolute atomic E-state index is 0. The third-order valence-corrected chi connectivity index (χ3v) is 5.50. The number of guanidine groups is 1. The number of nitrogens with zero attached hydrogens (tertiary/aromatic N) is 3. The van der Waals surface area contributed by atoms with Crippen LogP contribution in [-0.4, -0.2) is 61.2 Å². The second kappa shape index (κ2) is 9.94. The van der Waals surface area contributed by atoms with E-state index in [-0.39, 0.29) is 30.1 Å². The van der Waals surface area contributed by atoms with Gasteiger partial charge in [-0.2, -0.15) is 0 Å². The molecule has 0 bridgehead atoms. The van der Waals surface area contributed by atoms with Crippen molar-refractivity contribution in [3.05, 3.63) is 22.4 Å². The van der Waals surface area contributed by atoms with Gasteiger partial charge in [0, 0.05) is 37.6 Å². The van der Waals surface area contributed by atoms with Crippen molar-refractivity contribution in [1.29, 1.82) is 0 Å². The molecular weight excluding hydrogens is 435 g/mol. The standard InChI is InChI=1S/C17H28N4OS.HI/c1-14-11-21(7-8-22-14)17(18)19-10-15-4-2-6-20(12-15)13-16-5-3-9-23-16;/h3,5,9,14-15H,2,4,6-8,10-13H2,1H3,(H2,18,19);1H. The predicted octanol–water partition coefficient (Wildman–Crippen LogP) is 2.61. The Morgan fingerprint density at radius 1 is 1.42 bits per heavy atom. The summed E-state index contributed by atoms with van der Waals surface area (Å²) < 4.78 is 5.56. The predicted molar refractivity (Wildman–Crippen MR) is 111 cm³/mol. The molecule has 0 aromatic carbocycles. The van der Waals surface area contributed by atoms with E-state index in [0.717, 1.165) is 39.3 Å². The van der Waals surface area contributed by atoms with Crippen molar-refractivity contribution in [2.75, 3.05) is 39.3 Å². The maximum Gasteiger partial charge on any atom is 0.191 e. The molecule has 7 heteroatoms. The summed E-state index contributed by atoms with van der Waals surface area (Å²) in [6, 6.07) is 4.36. The van der Waals surface area contributed by atoms with Gasteiger partial charge in [-0.05, 0) is 43.7 Å². The molecule has 2 aliphatic rings. The van der Waals surface area contributed by atoms with E-state index in [1.807, 2.05) is 11.3 Å². The molecule has 0 aliphatic carbocycles. The lowest BCUT2D eigenvalue weighted by Gasteiger charge is -2.33. The highest BCUT2D eigenvalue weighted by molar-refractivity contribution is 14.0. The van der Waals surface area contributed by atoms with Crippen LogP contribution in [0.3, 0.4) is 0 Å². The van der Waals surface area contributed by atoms with Gasteiger partial charge < -0.3 is 15.4 Å². The average molecular weight is 464 g/mol. The fourth-order valence-corrected chi connectivity index (χ4v) is 4.16. The number of piperidine rings is 1. The Morgan fingerprint density at radius 3 is 3.04 bits per heavy atom. The molecule has 2 saturated heterocycles. The monoisotopic (exact) mass is 464 g/mol. The van der Waals surface area contributed by atoms with Crippen molar-refractivity contribution in [2.24, 2.45) is 16.6 Å². The van der Waals surface area contributed by atoms with Gasteiger partial charge >= 0.3 is 0 Å². The van der Waals surface area contributed by atoms with Gasteiger partial charge in [0.15, 0.2) is 5.96 Å². The summed E-state index contributed by atoms with van der Waals surface area (Å²) in [6.45, 7) is 8.80. The Hall–Kier alpha value is -0.380. The van der Waals surface area contributed by atoms with Gasteiger partial charge in [-0.1, -0.05) is 6.07 Å². The Bertz CT molecular complexity index is 511. The van der Waals surface area contributed by atoms with Crippen LogP contribution in [0.25, 0.3) is 0 Å². The van der Waals surface area contributed by atoms with Gasteiger partial charge in [0.05, 0.1) is 12.7 Å². The number of hydrogen-bond acceptors (Lipinski definition) is 4. The van der Waals surface area contributed by atoms with E-state index >= 15 is 0 Å². The number of nitrogens with two attached hydrogens (primary N) is 1. The van der Waals surface area contributed by atoms with Gasteiger partial charge in [-0.15, -0.1) is 35.3 Å². The Morgan fingerprint density at radius 2 is 2.29 bits per heavy atom. The van der Waals surface area contributed by atoms with Crippen LogP contribution in [0.4, 0.5) is 0 Å². The topological polar surface area (TPSA) is 54.1 Å². The Labute approximate surface area is 166 Å². The van der Waals surface area contributed by atoms with E-state index in [9.17, 15) is 0 Å². The lowest BCUT2D eigenvalue weighted by atomic mass is 9.98. The number of likely N-dealkylation sites (tertiary alicyclic amines) is 1. The Balaban J connectivity index is 0.00000208. The molecule has 24 heavy (non-hydrogen) atoms. The molecule has 2 aliphatic heterocycles. The van der Waals surface area contributed by atoms with Gasteiger partial charge in [-0.3, -0.25) is 9.89 Å². The summed E-state index contributed by atoms with van der Waals surface area (Å²) in [6.07, 6.45) is 2.77. The number of ether oxygens (including phenoxy) is 1. The quantitative estimate of drug-likeness (QED) is 0.423. The Kier molecular flexibility index (Phi) is 8.25. The van der Waals surface area contributed by atoms with E-state index in [4.69, 9.17) is 10.5 Å². The van der Waals surface area contributed by atoms with Crippen LogP contribution >= 0.6 is 35.3 Å². The molecule has 0 radical (unpaired) electrons. The number of morpholine rings is 1. The molecular formula is C17H29IN4OS. The van der Waals surface area contributed by atoms with E-state index in [0.29, 0.717) is 11.9 Å². The molecule has 1 aromatic rings. The molecule has 2 unspecified atom stereocenters. The number of thiophene rings is 1. The third kappa shape index (κ3) is 5.86. The van der Waals surface area contributed by atoms with Crippen molar-refractivity contribution in [2.45, 2.75) is 32.4 Å². The molecule has 0 spiro atoms. The number of aliphatic imine (C=N–C) groups is 1. The smallest absolute Gasteiger partial charge is 0.191 e. The van der Waals surface area contributed by atoms with Crippen LogP contribution in [0.15, 0.2) is 22.5 Å². The van der Waals surface area contributed by atoms with E-state index in [2.05, 4.69) is 39.2 Å². The molecule has 2 fully saturated rings. The molecule has 1 aromatic heterocycles. The number of rotatable bonds is 4. The first-order valence-electron chi connectivity index (χ1n) is 8.62. The third-order valence-electron chi connectivity index (χ3n) is 4.64. The zero-order valence-electron chi connectivity index (χ0n) is 14.4. The van der Waals surface area contributed by atoms with Gasteiger partial charge in [-0.25, -0.2) is 0 Å². The zero-order chi connectivity index (χ0) is 16.1. The molecule has 3 rings (SSSR count). The van der Waals surface area contributed by atoms with Crippen LogP contribution in [0.1, 0.15) is 24.6 Å². The fraction of sp³-hybridized carbons (Fsp3) is 0.706. The minimum atomic E-state index is 0. The summed E-state index contributed by atoms with van der Waals surface area (Å²) in [7, 11) is 0. The first kappa shape index (κ1) is 19.9. The zero-order valence-corrected chi connectivity index (χ0v) is 17.5. The molecule has 5 nitrogen and oxygen atoms in total. The maximum atomic E-state index is 6.18. The molecule has 136 valence electrons. The van der Waals surface area contributed by atoms with Crippen LogP contribution < -0.4 is 5.73 Å².